The van der Waals surface area contributed by atoms with Crippen LogP contribution in [0.5, 0.6) is 0 Å². The number of carboxylic acids is 1. The lowest BCUT2D eigenvalue weighted by molar-refractivity contribution is -0.133. The predicted molar refractivity (Wildman–Crippen MR) is 78.0 cm³/mol. The molecule has 1 N–H and O–H groups in total. The van der Waals surface area contributed by atoms with E-state index in [1.807, 2.05) is 11.8 Å². The highest BCUT2D eigenvalue weighted by atomic mass is 32.2. The maximum absolute atomic E-state index is 10.7. The Balaban J connectivity index is 1.98. The Hall–Kier alpha value is -0.690. The monoisotopic (exact) mass is 301 g/mol. The minimum Gasteiger partial charge on any atom is -0.481 e. The van der Waals surface area contributed by atoms with E-state index >= 15 is 0 Å². The second-order valence-electron chi connectivity index (χ2n) is 4.50. The molecule has 1 fully saturated rings. The van der Waals surface area contributed by atoms with Crippen LogP contribution in [0.1, 0.15) is 37.9 Å². The number of carboxylic acid groups (broad SMARTS) is 1. The van der Waals surface area contributed by atoms with Crippen LogP contribution in [0.4, 0.5) is 0 Å². The van der Waals surface area contributed by atoms with Gasteiger partial charge in [-0.2, -0.15) is 11.8 Å². The van der Waals surface area contributed by atoms with Crippen LogP contribution < -0.4 is 0 Å². The van der Waals surface area contributed by atoms with Crippen LogP contribution in [-0.4, -0.2) is 43.1 Å². The maximum atomic E-state index is 10.7. The highest BCUT2D eigenvalue weighted by Crippen LogP contribution is 2.40. The van der Waals surface area contributed by atoms with Crippen molar-refractivity contribution in [1.82, 2.24) is 14.8 Å². The first-order chi connectivity index (χ1) is 9.22. The van der Waals surface area contributed by atoms with E-state index in [-0.39, 0.29) is 5.75 Å². The lowest BCUT2D eigenvalue weighted by atomic mass is 10.4. The molecule has 0 aliphatic heterocycles. The van der Waals surface area contributed by atoms with Crippen LogP contribution in [-0.2, 0) is 11.3 Å². The Morgan fingerprint density at radius 2 is 2.26 bits per heavy atom. The fourth-order valence-electron chi connectivity index (χ4n) is 1.86. The molecular formula is C12H19N3O2S2. The minimum atomic E-state index is -0.811. The van der Waals surface area contributed by atoms with E-state index in [0.29, 0.717) is 5.92 Å². The molecule has 0 bridgehead atoms. The number of thioether (sulfide) groups is 2. The second-order valence-corrected chi connectivity index (χ2v) is 6.84. The summed E-state index contributed by atoms with van der Waals surface area (Å²) in [6, 6.07) is 0. The molecule has 5 nitrogen and oxygen atoms in total. The van der Waals surface area contributed by atoms with Gasteiger partial charge in [-0.1, -0.05) is 18.7 Å². The number of hydrogen-bond acceptors (Lipinski definition) is 5. The molecule has 0 amide bonds. The largest absolute Gasteiger partial charge is 0.481 e. The van der Waals surface area contributed by atoms with Crippen molar-refractivity contribution >= 4 is 29.5 Å². The molecule has 0 aromatic carbocycles. The second kappa shape index (κ2) is 7.19. The highest BCUT2D eigenvalue weighted by molar-refractivity contribution is 7.99. The van der Waals surface area contributed by atoms with Gasteiger partial charge in [0.25, 0.3) is 0 Å². The third-order valence-electron chi connectivity index (χ3n) is 2.89. The average molecular weight is 301 g/mol. The molecule has 106 valence electrons. The molecule has 0 atom stereocenters. The van der Waals surface area contributed by atoms with Crippen LogP contribution in [0.25, 0.3) is 0 Å². The third-order valence-corrected chi connectivity index (χ3v) is 4.82. The van der Waals surface area contributed by atoms with Crippen molar-refractivity contribution in [3.63, 3.8) is 0 Å². The van der Waals surface area contributed by atoms with Crippen LogP contribution in [0.2, 0.25) is 0 Å². The first kappa shape index (κ1) is 14.7. The molecule has 0 unspecified atom stereocenters. The summed E-state index contributed by atoms with van der Waals surface area (Å²) in [4.78, 5) is 10.7. The molecule has 1 saturated carbocycles. The van der Waals surface area contributed by atoms with Gasteiger partial charge in [-0.15, -0.1) is 10.2 Å². The first-order valence-electron chi connectivity index (χ1n) is 6.57. The zero-order chi connectivity index (χ0) is 13.7. The fourth-order valence-corrected chi connectivity index (χ4v) is 3.17. The number of aromatic nitrogens is 3. The summed E-state index contributed by atoms with van der Waals surface area (Å²) < 4.78 is 2.13. The normalized spacial score (nSPS) is 14.8. The van der Waals surface area contributed by atoms with Crippen molar-refractivity contribution in [2.75, 3.05) is 17.3 Å². The van der Waals surface area contributed by atoms with Crippen molar-refractivity contribution < 1.29 is 9.90 Å². The molecule has 0 saturated heterocycles. The highest BCUT2D eigenvalue weighted by Gasteiger charge is 2.30. The SMILES string of the molecule is CCSCCCn1c(SCC(=O)O)nnc1C1CC1. The van der Waals surface area contributed by atoms with Crippen LogP contribution in [0.15, 0.2) is 5.16 Å². The molecule has 7 heteroatoms. The molecule has 1 aliphatic rings. The van der Waals surface area contributed by atoms with Gasteiger partial charge >= 0.3 is 5.97 Å². The molecular weight excluding hydrogens is 282 g/mol. The molecule has 2 rings (SSSR count). The summed E-state index contributed by atoms with van der Waals surface area (Å²) >= 11 is 3.20. The Labute approximate surface area is 121 Å². The lowest BCUT2D eigenvalue weighted by Crippen LogP contribution is -2.07. The summed E-state index contributed by atoms with van der Waals surface area (Å²) in [5, 5.41) is 17.9. The van der Waals surface area contributed by atoms with Crippen LogP contribution >= 0.6 is 23.5 Å². The Kier molecular flexibility index (Phi) is 5.57. The van der Waals surface area contributed by atoms with Crippen molar-refractivity contribution in [2.24, 2.45) is 0 Å². The Morgan fingerprint density at radius 1 is 1.47 bits per heavy atom. The summed E-state index contributed by atoms with van der Waals surface area (Å²) in [6.07, 6.45) is 3.45. The molecule has 1 heterocycles. The third kappa shape index (κ3) is 4.42. The van der Waals surface area contributed by atoms with E-state index in [1.54, 1.807) is 0 Å². The van der Waals surface area contributed by atoms with E-state index < -0.39 is 5.97 Å². The van der Waals surface area contributed by atoms with Gasteiger partial charge in [0.15, 0.2) is 5.16 Å². The van der Waals surface area contributed by atoms with Crippen molar-refractivity contribution in [2.45, 2.75) is 43.8 Å². The number of carbonyl (C=O) groups is 1. The first-order valence-corrected chi connectivity index (χ1v) is 8.71. The van der Waals surface area contributed by atoms with E-state index in [9.17, 15) is 4.79 Å². The van der Waals surface area contributed by atoms with E-state index in [0.717, 1.165) is 35.5 Å². The zero-order valence-corrected chi connectivity index (χ0v) is 12.7. The Bertz CT molecular complexity index is 433. The topological polar surface area (TPSA) is 68.0 Å². The quantitative estimate of drug-likeness (QED) is 0.558. The number of nitrogens with zero attached hydrogens (tertiary/aromatic N) is 3. The van der Waals surface area contributed by atoms with Gasteiger partial charge in [-0.3, -0.25) is 4.79 Å². The van der Waals surface area contributed by atoms with E-state index in [1.165, 1.54) is 24.6 Å². The molecule has 1 aliphatic carbocycles. The fraction of sp³-hybridized carbons (Fsp3) is 0.750. The molecule has 1 aromatic rings. The number of hydrogen-bond donors (Lipinski definition) is 1. The van der Waals surface area contributed by atoms with Gasteiger partial charge < -0.3 is 9.67 Å². The maximum Gasteiger partial charge on any atom is 0.313 e. The zero-order valence-electron chi connectivity index (χ0n) is 11.0. The average Bonchev–Trinajstić information content (AvgIpc) is 3.14. The summed E-state index contributed by atoms with van der Waals surface area (Å²) in [5.41, 5.74) is 0. The van der Waals surface area contributed by atoms with Gasteiger partial charge in [-0.05, 0) is 30.8 Å². The Morgan fingerprint density at radius 3 is 2.89 bits per heavy atom. The minimum absolute atomic E-state index is 0.0481. The van der Waals surface area contributed by atoms with Crippen LogP contribution in [0, 0.1) is 0 Å². The van der Waals surface area contributed by atoms with Gasteiger partial charge in [-0.25, -0.2) is 0 Å². The molecule has 1 aromatic heterocycles. The van der Waals surface area contributed by atoms with Crippen molar-refractivity contribution in [3.8, 4) is 0 Å². The lowest BCUT2D eigenvalue weighted by Gasteiger charge is -2.08. The molecule has 0 radical (unpaired) electrons. The summed E-state index contributed by atoms with van der Waals surface area (Å²) in [5.74, 6) is 3.10. The van der Waals surface area contributed by atoms with Gasteiger partial charge in [0.1, 0.15) is 5.82 Å². The van der Waals surface area contributed by atoms with Gasteiger partial charge in [0.2, 0.25) is 0 Å². The van der Waals surface area contributed by atoms with E-state index in [2.05, 4.69) is 21.7 Å². The number of rotatable bonds is 9. The summed E-state index contributed by atoms with van der Waals surface area (Å²) in [7, 11) is 0. The molecule has 0 spiro atoms. The van der Waals surface area contributed by atoms with Gasteiger partial charge in [0.05, 0.1) is 5.75 Å². The smallest absolute Gasteiger partial charge is 0.313 e. The van der Waals surface area contributed by atoms with Crippen molar-refractivity contribution in [1.29, 1.82) is 0 Å². The van der Waals surface area contributed by atoms with Gasteiger partial charge in [0, 0.05) is 12.5 Å². The summed E-state index contributed by atoms with van der Waals surface area (Å²) in [6.45, 7) is 3.06. The van der Waals surface area contributed by atoms with Crippen molar-refractivity contribution in [3.05, 3.63) is 5.82 Å². The van der Waals surface area contributed by atoms with E-state index in [4.69, 9.17) is 5.11 Å². The van der Waals surface area contributed by atoms with Crippen LogP contribution in [0.3, 0.4) is 0 Å². The standard InChI is InChI=1S/C12H19N3O2S2/c1-2-18-7-3-6-15-11(9-4-5-9)13-14-12(15)19-8-10(16)17/h9H,2-8H2,1H3,(H,16,17). The predicted octanol–water partition coefficient (Wildman–Crippen LogP) is 2.48. The molecule has 19 heavy (non-hydrogen) atoms. The number of aliphatic carboxylic acids is 1.